The van der Waals surface area contributed by atoms with Crippen molar-refractivity contribution in [3.05, 3.63) is 33.1 Å². The van der Waals surface area contributed by atoms with Gasteiger partial charge in [0.2, 0.25) is 0 Å². The molecule has 0 aliphatic carbocycles. The number of aromatic amines is 1. The first-order valence-corrected chi connectivity index (χ1v) is 9.29. The maximum absolute atomic E-state index is 15.0. The summed E-state index contributed by atoms with van der Waals surface area (Å²) in [5.74, 6) is -2.35. The number of phosphoric ester groups is 1. The number of ether oxygens (including phenoxy) is 1. The van der Waals surface area contributed by atoms with Gasteiger partial charge in [0, 0.05) is 12.3 Å². The van der Waals surface area contributed by atoms with Gasteiger partial charge >= 0.3 is 13.5 Å². The second-order valence-electron chi connectivity index (χ2n) is 5.49. The molecule has 0 aromatic carbocycles. The number of aliphatic hydroxyl groups is 1. The van der Waals surface area contributed by atoms with Crippen LogP contribution in [0, 0.1) is 0 Å². The van der Waals surface area contributed by atoms with Crippen LogP contribution in [-0.4, -0.2) is 53.5 Å². The fourth-order valence-corrected chi connectivity index (χ4v) is 4.44. The van der Waals surface area contributed by atoms with Gasteiger partial charge in [-0.05, 0) is 12.2 Å². The molecule has 0 radical (unpaired) electrons. The summed E-state index contributed by atoms with van der Waals surface area (Å²) in [6, 6.07) is 1.04. The highest BCUT2D eigenvalue weighted by Crippen LogP contribution is 2.60. The van der Waals surface area contributed by atoms with Gasteiger partial charge in [-0.3, -0.25) is 18.9 Å². The molecule has 0 unspecified atom stereocenters. The molecule has 13 heteroatoms. The van der Waals surface area contributed by atoms with Crippen LogP contribution in [0.4, 0.5) is 4.39 Å². The number of H-pyrrole nitrogens is 1. The van der Waals surface area contributed by atoms with E-state index in [1.807, 2.05) is 4.98 Å². The number of aromatic nitrogens is 2. The molecule has 2 aliphatic rings. The molecule has 3 rings (SSSR count). The second kappa shape index (κ2) is 5.77. The highest BCUT2D eigenvalue weighted by molar-refractivity contribution is 8.02. The zero-order valence-electron chi connectivity index (χ0n) is 12.0. The zero-order chi connectivity index (χ0) is 17.8. The highest BCUT2D eigenvalue weighted by Gasteiger charge is 2.68. The molecule has 134 valence electrons. The topological polar surface area (TPSA) is 151 Å². The van der Waals surface area contributed by atoms with Crippen LogP contribution in [0.25, 0.3) is 0 Å². The van der Waals surface area contributed by atoms with Gasteiger partial charge in [-0.15, -0.1) is 11.8 Å². The Hall–Kier alpha value is -1.01. The minimum atomic E-state index is -4.98. The Morgan fingerprint density at radius 2 is 2.21 bits per heavy atom. The second-order valence-corrected chi connectivity index (χ2v) is 8.19. The number of phosphoric acid groups is 1. The Kier molecular flexibility index (Phi) is 4.28. The third-order valence-electron chi connectivity index (χ3n) is 3.99. The molecular weight excluding hydrogens is 370 g/mol. The van der Waals surface area contributed by atoms with Crippen molar-refractivity contribution < 1.29 is 33.1 Å². The minimum Gasteiger partial charge on any atom is -0.385 e. The standard InChI is InChI=1S/C11H14FN2O8PS/c12-11(5-21-23(18,19)20)7(16)10(2-4-24-10)8(22-11)14-3-1-6(15)13-9(14)17/h1,3,7-8,16H,2,4-5H2,(H,13,15,17)(H2,18,19,20)/t7-,8+,10+,11+/m0/s1. The van der Waals surface area contributed by atoms with Crippen molar-refractivity contribution in [2.24, 2.45) is 0 Å². The van der Waals surface area contributed by atoms with E-state index in [2.05, 4.69) is 4.52 Å². The van der Waals surface area contributed by atoms with E-state index in [0.29, 0.717) is 12.2 Å². The van der Waals surface area contributed by atoms with Gasteiger partial charge in [0.25, 0.3) is 11.4 Å². The number of nitrogens with zero attached hydrogens (tertiary/aromatic N) is 1. The number of hydrogen-bond donors (Lipinski definition) is 4. The average molecular weight is 384 g/mol. The summed E-state index contributed by atoms with van der Waals surface area (Å²) in [5, 5.41) is 10.4. The summed E-state index contributed by atoms with van der Waals surface area (Å²) < 4.78 is 34.7. The third-order valence-corrected chi connectivity index (χ3v) is 6.03. The smallest absolute Gasteiger partial charge is 0.385 e. The number of thioether (sulfide) groups is 1. The van der Waals surface area contributed by atoms with Crippen LogP contribution >= 0.6 is 19.6 Å². The fraction of sp³-hybridized carbons (Fsp3) is 0.636. The van der Waals surface area contributed by atoms with Crippen molar-refractivity contribution in [2.75, 3.05) is 12.4 Å². The predicted octanol–water partition coefficient (Wildman–Crippen LogP) is -0.923. The van der Waals surface area contributed by atoms with Gasteiger partial charge < -0.3 is 19.6 Å². The van der Waals surface area contributed by atoms with Crippen LogP contribution in [-0.2, 0) is 13.8 Å². The number of halogens is 1. The lowest BCUT2D eigenvalue weighted by Crippen LogP contribution is -2.54. The van der Waals surface area contributed by atoms with E-state index in [1.54, 1.807) is 0 Å². The van der Waals surface area contributed by atoms with E-state index in [1.165, 1.54) is 0 Å². The molecule has 0 amide bonds. The van der Waals surface area contributed by atoms with Crippen molar-refractivity contribution in [1.29, 1.82) is 0 Å². The van der Waals surface area contributed by atoms with Crippen molar-refractivity contribution >= 4 is 19.6 Å². The normalized spacial score (nSPS) is 36.0. The van der Waals surface area contributed by atoms with E-state index >= 15 is 0 Å². The third kappa shape index (κ3) is 2.88. The Bertz CT molecular complexity index is 804. The van der Waals surface area contributed by atoms with Crippen LogP contribution < -0.4 is 11.2 Å². The highest BCUT2D eigenvalue weighted by atomic mass is 32.2. The first-order chi connectivity index (χ1) is 11.1. The van der Waals surface area contributed by atoms with Gasteiger partial charge in [0.15, 0.2) is 6.23 Å². The zero-order valence-corrected chi connectivity index (χ0v) is 13.7. The first kappa shape index (κ1) is 17.8. The molecule has 2 fully saturated rings. The number of alkyl halides is 1. The lowest BCUT2D eigenvalue weighted by molar-refractivity contribution is -0.205. The quantitative estimate of drug-likeness (QED) is 0.483. The summed E-state index contributed by atoms with van der Waals surface area (Å²) >= 11 is 1.16. The summed E-state index contributed by atoms with van der Waals surface area (Å²) in [6.45, 7) is -1.21. The largest absolute Gasteiger partial charge is 0.469 e. The maximum atomic E-state index is 15.0. The molecule has 3 heterocycles. The Morgan fingerprint density at radius 3 is 2.71 bits per heavy atom. The van der Waals surface area contributed by atoms with Gasteiger partial charge in [-0.25, -0.2) is 13.8 Å². The van der Waals surface area contributed by atoms with Crippen molar-refractivity contribution in [3.8, 4) is 0 Å². The molecule has 1 spiro atoms. The Morgan fingerprint density at radius 1 is 1.54 bits per heavy atom. The Balaban J connectivity index is 1.97. The monoisotopic (exact) mass is 384 g/mol. The van der Waals surface area contributed by atoms with Crippen molar-refractivity contribution in [2.45, 2.75) is 29.4 Å². The van der Waals surface area contributed by atoms with Crippen molar-refractivity contribution in [1.82, 2.24) is 9.55 Å². The molecule has 1 aromatic rings. The van der Waals surface area contributed by atoms with E-state index in [4.69, 9.17) is 14.5 Å². The summed E-state index contributed by atoms with van der Waals surface area (Å²) in [5.41, 5.74) is -1.51. The van der Waals surface area contributed by atoms with E-state index in [9.17, 15) is 23.7 Å². The predicted molar refractivity (Wildman–Crippen MR) is 79.1 cm³/mol. The van der Waals surface area contributed by atoms with E-state index in [-0.39, 0.29) is 0 Å². The molecule has 2 aliphatic heterocycles. The van der Waals surface area contributed by atoms with Crippen LogP contribution in [0.5, 0.6) is 0 Å². The van der Waals surface area contributed by atoms with Crippen molar-refractivity contribution in [3.63, 3.8) is 0 Å². The lowest BCUT2D eigenvalue weighted by atomic mass is 9.93. The molecule has 4 atom stereocenters. The Labute approximate surface area is 137 Å². The number of nitrogens with one attached hydrogen (secondary N) is 1. The maximum Gasteiger partial charge on any atom is 0.469 e. The van der Waals surface area contributed by atoms with Crippen LogP contribution in [0.1, 0.15) is 12.6 Å². The molecule has 1 aromatic heterocycles. The molecule has 10 nitrogen and oxygen atoms in total. The van der Waals surface area contributed by atoms with Crippen LogP contribution in [0.15, 0.2) is 21.9 Å². The summed E-state index contributed by atoms with van der Waals surface area (Å²) in [4.78, 5) is 42.6. The van der Waals surface area contributed by atoms with Gasteiger partial charge in [-0.2, -0.15) is 0 Å². The van der Waals surface area contributed by atoms with Crippen LogP contribution in [0.2, 0.25) is 0 Å². The number of hydrogen-bond acceptors (Lipinski definition) is 7. The SMILES string of the molecule is O=c1ccn([C@@H]2O[C@](F)(COP(=O)(O)O)[C@@H](O)[C@]23CCS3)c(=O)[nH]1. The molecular formula is C11H14FN2O8PS. The van der Waals surface area contributed by atoms with Gasteiger partial charge in [-0.1, -0.05) is 0 Å². The molecule has 0 saturated carbocycles. The molecule has 4 N–H and O–H groups in total. The summed E-state index contributed by atoms with van der Waals surface area (Å²) in [7, 11) is -4.98. The van der Waals surface area contributed by atoms with E-state index < -0.39 is 48.6 Å². The van der Waals surface area contributed by atoms with Gasteiger partial charge in [0.05, 0.1) is 4.75 Å². The minimum absolute atomic E-state index is 0.302. The van der Waals surface area contributed by atoms with E-state index in [0.717, 1.165) is 28.6 Å². The average Bonchev–Trinajstić information content (AvgIpc) is 2.65. The summed E-state index contributed by atoms with van der Waals surface area (Å²) in [6.07, 6.45) is -1.66. The molecule has 24 heavy (non-hydrogen) atoms. The molecule has 0 bridgehead atoms. The lowest BCUT2D eigenvalue weighted by Gasteiger charge is -2.43. The first-order valence-electron chi connectivity index (χ1n) is 6.78. The fourth-order valence-electron chi connectivity index (χ4n) is 2.79. The number of rotatable bonds is 4. The number of aliphatic hydroxyl groups excluding tert-OH is 1. The van der Waals surface area contributed by atoms with Gasteiger partial charge in [0.1, 0.15) is 12.7 Å². The van der Waals surface area contributed by atoms with Crippen LogP contribution in [0.3, 0.4) is 0 Å². The molecule has 2 saturated heterocycles.